The molecular weight excluding hydrogens is 282 g/mol. The first-order valence-corrected chi connectivity index (χ1v) is 6.71. The van der Waals surface area contributed by atoms with E-state index in [1.165, 1.54) is 0 Å². The van der Waals surface area contributed by atoms with Crippen molar-refractivity contribution in [2.24, 2.45) is 0 Å². The summed E-state index contributed by atoms with van der Waals surface area (Å²) in [6.07, 6.45) is 1.69. The lowest BCUT2D eigenvalue weighted by molar-refractivity contribution is 0.394. The molecular formula is C16H15N3O3. The maximum Gasteiger partial charge on any atom is 0.277 e. The lowest BCUT2D eigenvalue weighted by Gasteiger charge is -2.09. The van der Waals surface area contributed by atoms with Gasteiger partial charge in [0.2, 0.25) is 5.82 Å². The van der Waals surface area contributed by atoms with E-state index in [1.807, 2.05) is 37.3 Å². The highest BCUT2D eigenvalue weighted by Gasteiger charge is 2.20. The van der Waals surface area contributed by atoms with Crippen molar-refractivity contribution in [1.29, 1.82) is 0 Å². The Bertz CT molecular complexity index is 777. The van der Waals surface area contributed by atoms with Crippen LogP contribution in [0.15, 0.2) is 41.1 Å². The maximum atomic E-state index is 5.36. The molecule has 0 N–H and O–H groups in total. The molecule has 0 aliphatic rings. The van der Waals surface area contributed by atoms with Gasteiger partial charge in [0.1, 0.15) is 22.8 Å². The van der Waals surface area contributed by atoms with E-state index < -0.39 is 0 Å². The minimum Gasteiger partial charge on any atom is -0.496 e. The molecule has 2 heterocycles. The second-order valence-electron chi connectivity index (χ2n) is 4.63. The van der Waals surface area contributed by atoms with Crippen LogP contribution in [0.25, 0.3) is 23.0 Å². The van der Waals surface area contributed by atoms with Gasteiger partial charge in [-0.2, -0.15) is 4.98 Å². The summed E-state index contributed by atoms with van der Waals surface area (Å²) < 4.78 is 16.1. The fourth-order valence-electron chi connectivity index (χ4n) is 2.20. The third-order valence-corrected chi connectivity index (χ3v) is 3.29. The standard InChI is InChI=1S/C16H15N3O3/c1-10-6-5-9-17-14(10)16-18-15(19-22-16)13-11(20-2)7-4-8-12(13)21-3/h4-9H,1-3H3. The van der Waals surface area contributed by atoms with Crippen molar-refractivity contribution in [2.45, 2.75) is 6.92 Å². The van der Waals surface area contributed by atoms with Crippen LogP contribution < -0.4 is 9.47 Å². The summed E-state index contributed by atoms with van der Waals surface area (Å²) in [6, 6.07) is 9.28. The fourth-order valence-corrected chi connectivity index (χ4v) is 2.20. The highest BCUT2D eigenvalue weighted by atomic mass is 16.5. The summed E-state index contributed by atoms with van der Waals surface area (Å²) in [7, 11) is 3.17. The predicted octanol–water partition coefficient (Wildman–Crippen LogP) is 3.12. The van der Waals surface area contributed by atoms with Crippen molar-refractivity contribution in [3.63, 3.8) is 0 Å². The molecule has 1 aromatic carbocycles. The molecule has 3 rings (SSSR count). The highest BCUT2D eigenvalue weighted by Crippen LogP contribution is 2.37. The molecule has 22 heavy (non-hydrogen) atoms. The normalized spacial score (nSPS) is 10.5. The van der Waals surface area contributed by atoms with E-state index >= 15 is 0 Å². The molecule has 0 fully saturated rings. The first-order chi connectivity index (χ1) is 10.7. The van der Waals surface area contributed by atoms with E-state index in [9.17, 15) is 0 Å². The highest BCUT2D eigenvalue weighted by molar-refractivity contribution is 5.72. The number of methoxy groups -OCH3 is 2. The van der Waals surface area contributed by atoms with Crippen LogP contribution in [0.4, 0.5) is 0 Å². The smallest absolute Gasteiger partial charge is 0.277 e. The van der Waals surface area contributed by atoms with E-state index in [2.05, 4.69) is 15.1 Å². The van der Waals surface area contributed by atoms with Crippen LogP contribution in [-0.4, -0.2) is 29.3 Å². The minimum absolute atomic E-state index is 0.362. The number of hydrogen-bond donors (Lipinski definition) is 0. The van der Waals surface area contributed by atoms with E-state index in [-0.39, 0.29) is 0 Å². The Morgan fingerprint density at radius 3 is 2.36 bits per heavy atom. The third kappa shape index (κ3) is 2.39. The van der Waals surface area contributed by atoms with Crippen LogP contribution in [0, 0.1) is 6.92 Å². The summed E-state index contributed by atoms with van der Waals surface area (Å²) in [5.74, 6) is 1.99. The molecule has 0 aliphatic heterocycles. The Hall–Kier alpha value is -2.89. The predicted molar refractivity (Wildman–Crippen MR) is 80.8 cm³/mol. The van der Waals surface area contributed by atoms with Gasteiger partial charge < -0.3 is 14.0 Å². The summed E-state index contributed by atoms with van der Waals surface area (Å²) >= 11 is 0. The van der Waals surface area contributed by atoms with Crippen LogP contribution in [0.1, 0.15) is 5.56 Å². The molecule has 0 unspecified atom stereocenters. The molecule has 6 heteroatoms. The Morgan fingerprint density at radius 2 is 1.73 bits per heavy atom. The van der Waals surface area contributed by atoms with E-state index in [1.54, 1.807) is 20.4 Å². The molecule has 0 radical (unpaired) electrons. The molecule has 0 saturated heterocycles. The van der Waals surface area contributed by atoms with Gasteiger partial charge >= 0.3 is 0 Å². The van der Waals surface area contributed by atoms with Crippen molar-refractivity contribution in [1.82, 2.24) is 15.1 Å². The molecule has 0 spiro atoms. The van der Waals surface area contributed by atoms with Gasteiger partial charge in [-0.15, -0.1) is 0 Å². The van der Waals surface area contributed by atoms with Gasteiger partial charge in [0.05, 0.1) is 14.2 Å². The van der Waals surface area contributed by atoms with Crippen molar-refractivity contribution < 1.29 is 14.0 Å². The molecule has 3 aromatic rings. The Labute approximate surface area is 127 Å². The monoisotopic (exact) mass is 297 g/mol. The van der Waals surface area contributed by atoms with Gasteiger partial charge in [0.15, 0.2) is 0 Å². The number of aromatic nitrogens is 3. The lowest BCUT2D eigenvalue weighted by Crippen LogP contribution is -1.94. The van der Waals surface area contributed by atoms with Crippen molar-refractivity contribution in [3.05, 3.63) is 42.1 Å². The first-order valence-electron chi connectivity index (χ1n) is 6.71. The molecule has 0 saturated carbocycles. The van der Waals surface area contributed by atoms with Crippen LogP contribution >= 0.6 is 0 Å². The topological polar surface area (TPSA) is 70.3 Å². The first kappa shape index (κ1) is 14.1. The van der Waals surface area contributed by atoms with Crippen molar-refractivity contribution >= 4 is 0 Å². The summed E-state index contributed by atoms with van der Waals surface area (Å²) in [5, 5.41) is 4.04. The molecule has 0 aliphatic carbocycles. The molecule has 6 nitrogen and oxygen atoms in total. The van der Waals surface area contributed by atoms with Crippen molar-refractivity contribution in [2.75, 3.05) is 14.2 Å². The van der Waals surface area contributed by atoms with E-state index in [0.29, 0.717) is 34.5 Å². The zero-order chi connectivity index (χ0) is 15.5. The number of hydrogen-bond acceptors (Lipinski definition) is 6. The zero-order valence-corrected chi connectivity index (χ0v) is 12.5. The Kier molecular flexibility index (Phi) is 3.74. The minimum atomic E-state index is 0.362. The number of pyridine rings is 1. The van der Waals surface area contributed by atoms with E-state index in [4.69, 9.17) is 14.0 Å². The Balaban J connectivity index is 2.11. The summed E-state index contributed by atoms with van der Waals surface area (Å²) in [6.45, 7) is 1.94. The quantitative estimate of drug-likeness (QED) is 0.737. The summed E-state index contributed by atoms with van der Waals surface area (Å²) in [5.41, 5.74) is 2.27. The second-order valence-corrected chi connectivity index (χ2v) is 4.63. The zero-order valence-electron chi connectivity index (χ0n) is 12.5. The van der Waals surface area contributed by atoms with Gasteiger partial charge in [0, 0.05) is 6.20 Å². The third-order valence-electron chi connectivity index (χ3n) is 3.29. The van der Waals surface area contributed by atoms with Crippen LogP contribution in [0.5, 0.6) is 11.5 Å². The van der Waals surface area contributed by atoms with Gasteiger partial charge in [-0.05, 0) is 30.7 Å². The van der Waals surface area contributed by atoms with E-state index in [0.717, 1.165) is 5.56 Å². The summed E-state index contributed by atoms with van der Waals surface area (Å²) in [4.78, 5) is 8.71. The fraction of sp³-hybridized carbons (Fsp3) is 0.188. The second kappa shape index (κ2) is 5.85. The Morgan fingerprint density at radius 1 is 1.00 bits per heavy atom. The number of benzene rings is 1. The number of ether oxygens (including phenoxy) is 2. The number of aryl methyl sites for hydroxylation is 1. The van der Waals surface area contributed by atoms with Crippen LogP contribution in [-0.2, 0) is 0 Å². The molecule has 112 valence electrons. The maximum absolute atomic E-state index is 5.36. The average Bonchev–Trinajstić information content (AvgIpc) is 3.03. The van der Waals surface area contributed by atoms with Crippen molar-refractivity contribution in [3.8, 4) is 34.5 Å². The van der Waals surface area contributed by atoms with Gasteiger partial charge in [0.25, 0.3) is 5.89 Å². The number of rotatable bonds is 4. The average molecular weight is 297 g/mol. The van der Waals surface area contributed by atoms with Crippen LogP contribution in [0.2, 0.25) is 0 Å². The van der Waals surface area contributed by atoms with Gasteiger partial charge in [-0.3, -0.25) is 4.98 Å². The molecule has 0 atom stereocenters. The SMILES string of the molecule is COc1cccc(OC)c1-c1noc(-c2ncccc2C)n1. The number of nitrogens with zero attached hydrogens (tertiary/aromatic N) is 3. The molecule has 0 amide bonds. The van der Waals surface area contributed by atoms with Crippen LogP contribution in [0.3, 0.4) is 0 Å². The lowest BCUT2D eigenvalue weighted by atomic mass is 10.1. The molecule has 0 bridgehead atoms. The molecule has 2 aromatic heterocycles. The largest absolute Gasteiger partial charge is 0.496 e. The van der Waals surface area contributed by atoms with Gasteiger partial charge in [-0.1, -0.05) is 17.3 Å². The van der Waals surface area contributed by atoms with Gasteiger partial charge in [-0.25, -0.2) is 0 Å².